The highest BCUT2D eigenvalue weighted by Crippen LogP contribution is 2.22. The second-order valence-corrected chi connectivity index (χ2v) is 7.88. The number of aryl methyl sites for hydroxylation is 1. The predicted octanol–water partition coefficient (Wildman–Crippen LogP) is 1.71. The van der Waals surface area contributed by atoms with Crippen molar-refractivity contribution in [1.82, 2.24) is 10.0 Å². The number of halogens is 1. The van der Waals surface area contributed by atoms with Gasteiger partial charge in [0.2, 0.25) is 10.0 Å². The van der Waals surface area contributed by atoms with Gasteiger partial charge in [-0.1, -0.05) is 18.9 Å². The summed E-state index contributed by atoms with van der Waals surface area (Å²) in [6.45, 7) is 3.85. The van der Waals surface area contributed by atoms with E-state index >= 15 is 0 Å². The molecule has 1 aromatic carbocycles. The van der Waals surface area contributed by atoms with Crippen molar-refractivity contribution in [3.8, 4) is 0 Å². The Kier molecular flexibility index (Phi) is 7.66. The van der Waals surface area contributed by atoms with Crippen LogP contribution >= 0.6 is 12.4 Å². The van der Waals surface area contributed by atoms with Gasteiger partial charge in [0.1, 0.15) is 0 Å². The van der Waals surface area contributed by atoms with Gasteiger partial charge < -0.3 is 11.1 Å². The first-order valence-corrected chi connectivity index (χ1v) is 9.45. The number of nitrogens with one attached hydrogen (secondary N) is 2. The van der Waals surface area contributed by atoms with E-state index in [2.05, 4.69) is 10.0 Å². The van der Waals surface area contributed by atoms with Crippen molar-refractivity contribution in [3.05, 3.63) is 29.3 Å². The van der Waals surface area contributed by atoms with Crippen LogP contribution in [0.3, 0.4) is 0 Å². The highest BCUT2D eigenvalue weighted by atomic mass is 35.5. The molecule has 0 aromatic heterocycles. The lowest BCUT2D eigenvalue weighted by molar-refractivity contribution is 0.0941. The van der Waals surface area contributed by atoms with Crippen molar-refractivity contribution in [2.45, 2.75) is 56.5 Å². The first kappa shape index (κ1) is 20.9. The van der Waals surface area contributed by atoms with Gasteiger partial charge in [-0.2, -0.15) is 0 Å². The molecule has 136 valence electrons. The third-order valence-electron chi connectivity index (χ3n) is 4.15. The van der Waals surface area contributed by atoms with Gasteiger partial charge in [-0.3, -0.25) is 4.79 Å². The van der Waals surface area contributed by atoms with Crippen LogP contribution in [0.4, 0.5) is 0 Å². The summed E-state index contributed by atoms with van der Waals surface area (Å²) in [6, 6.07) is 4.55. The van der Waals surface area contributed by atoms with E-state index in [-0.39, 0.29) is 35.3 Å². The SMILES string of the molecule is Cc1ccc(C(=O)N[C@@H](C)CN)cc1S(=O)(=O)NC1CCCC1.Cl. The summed E-state index contributed by atoms with van der Waals surface area (Å²) >= 11 is 0. The highest BCUT2D eigenvalue weighted by Gasteiger charge is 2.25. The van der Waals surface area contributed by atoms with Gasteiger partial charge in [0, 0.05) is 24.2 Å². The average Bonchev–Trinajstić information content (AvgIpc) is 2.99. The molecular weight excluding hydrogens is 350 g/mol. The van der Waals surface area contributed by atoms with Crippen molar-refractivity contribution in [1.29, 1.82) is 0 Å². The van der Waals surface area contributed by atoms with E-state index in [1.54, 1.807) is 26.0 Å². The minimum absolute atomic E-state index is 0. The second kappa shape index (κ2) is 8.80. The summed E-state index contributed by atoms with van der Waals surface area (Å²) < 4.78 is 27.9. The Morgan fingerprint density at radius 1 is 1.33 bits per heavy atom. The van der Waals surface area contributed by atoms with Crippen molar-refractivity contribution < 1.29 is 13.2 Å². The third-order valence-corrected chi connectivity index (χ3v) is 5.81. The lowest BCUT2D eigenvalue weighted by Crippen LogP contribution is -2.38. The summed E-state index contributed by atoms with van der Waals surface area (Å²) in [6.07, 6.45) is 3.83. The number of sulfonamides is 1. The van der Waals surface area contributed by atoms with Crippen molar-refractivity contribution in [2.24, 2.45) is 5.73 Å². The standard InChI is InChI=1S/C16H25N3O3S.ClH/c1-11-7-8-13(16(20)18-12(2)10-17)9-15(11)23(21,22)19-14-5-3-4-6-14;/h7-9,12,14,19H,3-6,10,17H2,1-2H3,(H,18,20);1H/t12-;/m0./s1. The zero-order valence-electron chi connectivity index (χ0n) is 14.0. The monoisotopic (exact) mass is 375 g/mol. The third kappa shape index (κ3) is 5.17. The smallest absolute Gasteiger partial charge is 0.251 e. The van der Waals surface area contributed by atoms with Gasteiger partial charge in [-0.15, -0.1) is 12.4 Å². The molecule has 8 heteroatoms. The summed E-state index contributed by atoms with van der Waals surface area (Å²) in [7, 11) is -3.62. The molecule has 0 heterocycles. The topological polar surface area (TPSA) is 101 Å². The molecule has 1 saturated carbocycles. The average molecular weight is 376 g/mol. The molecule has 1 aliphatic carbocycles. The maximum absolute atomic E-state index is 12.6. The van der Waals surface area contributed by atoms with E-state index in [4.69, 9.17) is 5.73 Å². The maximum Gasteiger partial charge on any atom is 0.251 e. The number of amides is 1. The van der Waals surface area contributed by atoms with Gasteiger partial charge in [-0.05, 0) is 44.4 Å². The van der Waals surface area contributed by atoms with Crippen LogP contribution < -0.4 is 15.8 Å². The summed E-state index contributed by atoms with van der Waals surface area (Å²) in [4.78, 5) is 12.3. The molecule has 0 unspecified atom stereocenters. The van der Waals surface area contributed by atoms with E-state index in [0.29, 0.717) is 17.7 Å². The van der Waals surface area contributed by atoms with Crippen molar-refractivity contribution >= 4 is 28.3 Å². The van der Waals surface area contributed by atoms with Gasteiger partial charge in [0.05, 0.1) is 4.90 Å². The van der Waals surface area contributed by atoms with Gasteiger partial charge in [0.15, 0.2) is 0 Å². The zero-order valence-corrected chi connectivity index (χ0v) is 15.7. The number of nitrogens with two attached hydrogens (primary N) is 1. The van der Waals surface area contributed by atoms with Gasteiger partial charge >= 0.3 is 0 Å². The van der Waals surface area contributed by atoms with Gasteiger partial charge in [-0.25, -0.2) is 13.1 Å². The maximum atomic E-state index is 12.6. The number of carbonyl (C=O) groups is 1. The molecule has 0 bridgehead atoms. The summed E-state index contributed by atoms with van der Waals surface area (Å²) in [5, 5.41) is 2.74. The Hall–Kier alpha value is -1.15. The molecule has 0 radical (unpaired) electrons. The molecule has 1 amide bonds. The molecule has 6 nitrogen and oxygen atoms in total. The number of benzene rings is 1. The molecule has 1 atom stereocenters. The Morgan fingerprint density at radius 3 is 2.54 bits per heavy atom. The number of hydrogen-bond acceptors (Lipinski definition) is 4. The fraction of sp³-hybridized carbons (Fsp3) is 0.562. The molecule has 0 saturated heterocycles. The number of carbonyl (C=O) groups excluding carboxylic acids is 1. The van der Waals surface area contributed by atoms with Crippen LogP contribution in [0, 0.1) is 6.92 Å². The predicted molar refractivity (Wildman–Crippen MR) is 97.0 cm³/mol. The first-order chi connectivity index (χ1) is 10.8. The van der Waals surface area contributed by atoms with E-state index in [0.717, 1.165) is 25.7 Å². The summed E-state index contributed by atoms with van der Waals surface area (Å²) in [5.74, 6) is -0.319. The molecule has 2 rings (SSSR count). The van der Waals surface area contributed by atoms with Crippen molar-refractivity contribution in [3.63, 3.8) is 0 Å². The van der Waals surface area contributed by atoms with E-state index < -0.39 is 10.0 Å². The van der Waals surface area contributed by atoms with E-state index in [9.17, 15) is 13.2 Å². The van der Waals surface area contributed by atoms with E-state index in [1.807, 2.05) is 0 Å². The molecule has 24 heavy (non-hydrogen) atoms. The molecule has 0 spiro atoms. The number of hydrogen-bond donors (Lipinski definition) is 3. The molecule has 1 fully saturated rings. The van der Waals surface area contributed by atoms with Crippen LogP contribution in [0.15, 0.2) is 23.1 Å². The van der Waals surface area contributed by atoms with Crippen LogP contribution in [-0.4, -0.2) is 33.0 Å². The normalized spacial score (nSPS) is 16.5. The minimum atomic E-state index is -3.62. The number of rotatable bonds is 6. The largest absolute Gasteiger partial charge is 0.348 e. The summed E-state index contributed by atoms with van der Waals surface area (Å²) in [5.41, 5.74) is 6.44. The van der Waals surface area contributed by atoms with Crippen molar-refractivity contribution in [2.75, 3.05) is 6.54 Å². The fourth-order valence-electron chi connectivity index (χ4n) is 2.72. The fourth-order valence-corrected chi connectivity index (χ4v) is 4.30. The molecule has 1 aromatic rings. The Balaban J connectivity index is 0.00000288. The second-order valence-electron chi connectivity index (χ2n) is 6.19. The lowest BCUT2D eigenvalue weighted by atomic mass is 10.1. The highest BCUT2D eigenvalue weighted by molar-refractivity contribution is 7.89. The molecule has 1 aliphatic rings. The molecule has 4 N–H and O–H groups in total. The van der Waals surface area contributed by atoms with E-state index in [1.165, 1.54) is 6.07 Å². The quantitative estimate of drug-likeness (QED) is 0.704. The minimum Gasteiger partial charge on any atom is -0.348 e. The lowest BCUT2D eigenvalue weighted by Gasteiger charge is -2.16. The Labute approximate surface area is 150 Å². The molecular formula is C16H26ClN3O3S. The van der Waals surface area contributed by atoms with Crippen LogP contribution in [-0.2, 0) is 10.0 Å². The van der Waals surface area contributed by atoms with Crippen LogP contribution in [0.25, 0.3) is 0 Å². The molecule has 0 aliphatic heterocycles. The zero-order chi connectivity index (χ0) is 17.0. The Morgan fingerprint density at radius 2 is 1.96 bits per heavy atom. The van der Waals surface area contributed by atoms with Crippen LogP contribution in [0.1, 0.15) is 48.5 Å². The van der Waals surface area contributed by atoms with Crippen LogP contribution in [0.2, 0.25) is 0 Å². The first-order valence-electron chi connectivity index (χ1n) is 7.97. The van der Waals surface area contributed by atoms with Gasteiger partial charge in [0.25, 0.3) is 5.91 Å². The van der Waals surface area contributed by atoms with Crippen LogP contribution in [0.5, 0.6) is 0 Å². The Bertz CT molecular complexity index is 673.